The third-order valence-electron chi connectivity index (χ3n) is 2.86. The molecular formula is C13H16N2O2. The van der Waals surface area contributed by atoms with Crippen LogP contribution in [-0.4, -0.2) is 26.4 Å². The van der Waals surface area contributed by atoms with Crippen LogP contribution in [0.2, 0.25) is 0 Å². The van der Waals surface area contributed by atoms with E-state index in [4.69, 9.17) is 0 Å². The number of hydrogen-bond acceptors (Lipinski definition) is 3. The molecule has 0 radical (unpaired) electrons. The van der Waals surface area contributed by atoms with Gasteiger partial charge in [0.25, 0.3) is 0 Å². The van der Waals surface area contributed by atoms with Crippen LogP contribution >= 0.6 is 0 Å². The molecular weight excluding hydrogens is 216 g/mol. The summed E-state index contributed by atoms with van der Waals surface area (Å²) < 4.78 is 1.92. The number of nitrogens with zero attached hydrogens (tertiary/aromatic N) is 2. The number of aromatic hydroxyl groups is 1. The lowest BCUT2D eigenvalue weighted by molar-refractivity contribution is 0.240. The summed E-state index contributed by atoms with van der Waals surface area (Å²) in [5.41, 5.74) is 1.75. The molecule has 0 aliphatic carbocycles. The Bertz CT molecular complexity index is 520. The lowest BCUT2D eigenvalue weighted by Crippen LogP contribution is -2.09. The van der Waals surface area contributed by atoms with E-state index in [-0.39, 0.29) is 18.4 Å². The minimum atomic E-state index is -0.0124. The van der Waals surface area contributed by atoms with Crippen molar-refractivity contribution < 1.29 is 10.2 Å². The van der Waals surface area contributed by atoms with Gasteiger partial charge in [0.05, 0.1) is 12.6 Å². The molecule has 0 aliphatic heterocycles. The van der Waals surface area contributed by atoms with Crippen LogP contribution in [0.4, 0.5) is 0 Å². The highest BCUT2D eigenvalue weighted by atomic mass is 16.3. The smallest absolute Gasteiger partial charge is 0.140 e. The van der Waals surface area contributed by atoms with Gasteiger partial charge in [0.1, 0.15) is 11.6 Å². The SMILES string of the molecule is Cc1cc(-c2nccn2[C@H](C)CO)ccc1O. The number of aryl methyl sites for hydroxylation is 1. The molecule has 0 saturated heterocycles. The molecule has 0 aliphatic rings. The van der Waals surface area contributed by atoms with Gasteiger partial charge in [0, 0.05) is 18.0 Å². The molecule has 0 amide bonds. The van der Waals surface area contributed by atoms with E-state index in [2.05, 4.69) is 4.98 Å². The predicted octanol–water partition coefficient (Wildman–Crippen LogP) is 2.12. The van der Waals surface area contributed by atoms with Crippen LogP contribution in [0.25, 0.3) is 11.4 Å². The molecule has 1 atom stereocenters. The molecule has 2 aromatic rings. The zero-order valence-corrected chi connectivity index (χ0v) is 9.96. The molecule has 0 saturated carbocycles. The van der Waals surface area contributed by atoms with E-state index in [1.54, 1.807) is 12.3 Å². The van der Waals surface area contributed by atoms with Gasteiger partial charge in [-0.2, -0.15) is 0 Å². The second kappa shape index (κ2) is 4.59. The fourth-order valence-corrected chi connectivity index (χ4v) is 1.77. The Labute approximate surface area is 100 Å². The van der Waals surface area contributed by atoms with Gasteiger partial charge in [0.2, 0.25) is 0 Å². The van der Waals surface area contributed by atoms with Crippen molar-refractivity contribution in [3.63, 3.8) is 0 Å². The maximum Gasteiger partial charge on any atom is 0.140 e. The lowest BCUT2D eigenvalue weighted by atomic mass is 10.1. The molecule has 2 N–H and O–H groups in total. The summed E-state index contributed by atoms with van der Waals surface area (Å²) in [6, 6.07) is 5.36. The molecule has 1 aromatic carbocycles. The van der Waals surface area contributed by atoms with Crippen LogP contribution in [0.5, 0.6) is 5.75 Å². The molecule has 4 nitrogen and oxygen atoms in total. The van der Waals surface area contributed by atoms with Crippen molar-refractivity contribution in [1.29, 1.82) is 0 Å². The van der Waals surface area contributed by atoms with E-state index in [0.717, 1.165) is 17.0 Å². The first-order chi connectivity index (χ1) is 8.13. The van der Waals surface area contributed by atoms with Crippen molar-refractivity contribution >= 4 is 0 Å². The van der Waals surface area contributed by atoms with Gasteiger partial charge in [-0.3, -0.25) is 0 Å². The van der Waals surface area contributed by atoms with Crippen molar-refractivity contribution in [3.8, 4) is 17.1 Å². The average Bonchev–Trinajstić information content (AvgIpc) is 2.80. The standard InChI is InChI=1S/C13H16N2O2/c1-9-7-11(3-4-12(9)17)13-14-5-6-15(13)10(2)8-16/h3-7,10,16-17H,8H2,1-2H3/t10-/m1/s1. The Morgan fingerprint density at radius 3 is 2.82 bits per heavy atom. The quantitative estimate of drug-likeness (QED) is 0.852. The number of imidazole rings is 1. The van der Waals surface area contributed by atoms with Crippen molar-refractivity contribution in [1.82, 2.24) is 9.55 Å². The third kappa shape index (κ3) is 2.17. The van der Waals surface area contributed by atoms with Crippen LogP contribution in [0.1, 0.15) is 18.5 Å². The summed E-state index contributed by atoms with van der Waals surface area (Å²) in [4.78, 5) is 4.30. The first kappa shape index (κ1) is 11.7. The third-order valence-corrected chi connectivity index (χ3v) is 2.86. The maximum absolute atomic E-state index is 9.50. The van der Waals surface area contributed by atoms with Crippen LogP contribution in [0, 0.1) is 6.92 Å². The van der Waals surface area contributed by atoms with E-state index in [9.17, 15) is 10.2 Å². The molecule has 0 fully saturated rings. The molecule has 0 bridgehead atoms. The maximum atomic E-state index is 9.50. The Morgan fingerprint density at radius 1 is 1.41 bits per heavy atom. The van der Waals surface area contributed by atoms with Crippen LogP contribution in [-0.2, 0) is 0 Å². The van der Waals surface area contributed by atoms with Crippen LogP contribution in [0.3, 0.4) is 0 Å². The van der Waals surface area contributed by atoms with Gasteiger partial charge in [-0.1, -0.05) is 0 Å². The van der Waals surface area contributed by atoms with Crippen molar-refractivity contribution in [2.45, 2.75) is 19.9 Å². The monoisotopic (exact) mass is 232 g/mol. The number of rotatable bonds is 3. The summed E-state index contributed by atoms with van der Waals surface area (Å²) in [5, 5.41) is 18.7. The summed E-state index contributed by atoms with van der Waals surface area (Å²) in [6.07, 6.45) is 3.56. The second-order valence-corrected chi connectivity index (χ2v) is 4.19. The normalized spacial score (nSPS) is 12.6. The van der Waals surface area contributed by atoms with Crippen molar-refractivity contribution in [2.75, 3.05) is 6.61 Å². The lowest BCUT2D eigenvalue weighted by Gasteiger charge is -2.14. The number of hydrogen-bond donors (Lipinski definition) is 2. The predicted molar refractivity (Wildman–Crippen MR) is 65.9 cm³/mol. The first-order valence-electron chi connectivity index (χ1n) is 5.57. The van der Waals surface area contributed by atoms with Crippen LogP contribution in [0.15, 0.2) is 30.6 Å². The average molecular weight is 232 g/mol. The summed E-state index contributed by atoms with van der Waals surface area (Å²) in [7, 11) is 0. The van der Waals surface area contributed by atoms with Gasteiger partial charge in [0.15, 0.2) is 0 Å². The Balaban J connectivity index is 2.46. The number of benzene rings is 1. The van der Waals surface area contributed by atoms with Gasteiger partial charge in [-0.05, 0) is 37.6 Å². The number of aliphatic hydroxyl groups is 1. The highest BCUT2D eigenvalue weighted by Gasteiger charge is 2.11. The van der Waals surface area contributed by atoms with Gasteiger partial charge in [-0.15, -0.1) is 0 Å². The summed E-state index contributed by atoms with van der Waals surface area (Å²) in [6.45, 7) is 3.85. The number of aliphatic hydroxyl groups excluding tert-OH is 1. The zero-order valence-electron chi connectivity index (χ0n) is 9.96. The molecule has 1 aromatic heterocycles. The number of aromatic nitrogens is 2. The fraction of sp³-hybridized carbons (Fsp3) is 0.308. The van der Waals surface area contributed by atoms with E-state index in [0.29, 0.717) is 0 Å². The highest BCUT2D eigenvalue weighted by Crippen LogP contribution is 2.25. The minimum absolute atomic E-state index is 0.0124. The Morgan fingerprint density at radius 2 is 2.18 bits per heavy atom. The van der Waals surface area contributed by atoms with E-state index in [1.165, 1.54) is 0 Å². The topological polar surface area (TPSA) is 58.3 Å². The minimum Gasteiger partial charge on any atom is -0.508 e. The summed E-state index contributed by atoms with van der Waals surface area (Å²) >= 11 is 0. The fourth-order valence-electron chi connectivity index (χ4n) is 1.77. The molecule has 17 heavy (non-hydrogen) atoms. The second-order valence-electron chi connectivity index (χ2n) is 4.19. The van der Waals surface area contributed by atoms with Crippen molar-refractivity contribution in [3.05, 3.63) is 36.2 Å². The van der Waals surface area contributed by atoms with Crippen molar-refractivity contribution in [2.24, 2.45) is 0 Å². The molecule has 90 valence electrons. The van der Waals surface area contributed by atoms with E-state index >= 15 is 0 Å². The largest absolute Gasteiger partial charge is 0.508 e. The highest BCUT2D eigenvalue weighted by molar-refractivity contribution is 5.59. The summed E-state index contributed by atoms with van der Waals surface area (Å²) in [5.74, 6) is 1.08. The Hall–Kier alpha value is -1.81. The van der Waals surface area contributed by atoms with E-state index < -0.39 is 0 Å². The molecule has 0 unspecified atom stereocenters. The zero-order chi connectivity index (χ0) is 12.4. The number of phenols is 1. The first-order valence-corrected chi connectivity index (χ1v) is 5.57. The van der Waals surface area contributed by atoms with E-state index in [1.807, 2.05) is 36.7 Å². The molecule has 1 heterocycles. The Kier molecular flexibility index (Phi) is 3.15. The van der Waals surface area contributed by atoms with Gasteiger partial charge >= 0.3 is 0 Å². The van der Waals surface area contributed by atoms with Gasteiger partial charge < -0.3 is 14.8 Å². The number of phenolic OH excluding ortho intramolecular Hbond substituents is 1. The molecule has 2 rings (SSSR count). The molecule has 0 spiro atoms. The molecule has 4 heteroatoms. The van der Waals surface area contributed by atoms with Gasteiger partial charge in [-0.25, -0.2) is 4.98 Å². The van der Waals surface area contributed by atoms with Crippen LogP contribution < -0.4 is 0 Å².